The van der Waals surface area contributed by atoms with Crippen molar-refractivity contribution in [3.05, 3.63) is 36.1 Å². The van der Waals surface area contributed by atoms with Crippen LogP contribution in [0, 0.1) is 6.92 Å². The van der Waals surface area contributed by atoms with Crippen LogP contribution in [0.3, 0.4) is 0 Å². The summed E-state index contributed by atoms with van der Waals surface area (Å²) < 4.78 is 35.5. The Kier molecular flexibility index (Phi) is 5.68. The summed E-state index contributed by atoms with van der Waals surface area (Å²) >= 11 is 0. The number of carbonyl (C=O) groups excluding carboxylic acids is 1. The fourth-order valence-electron chi connectivity index (χ4n) is 2.10. The first-order valence-corrected chi connectivity index (χ1v) is 9.47. The van der Waals surface area contributed by atoms with E-state index in [2.05, 4.69) is 10.5 Å². The molecule has 0 aliphatic heterocycles. The first-order valence-electron chi connectivity index (χ1n) is 7.63. The van der Waals surface area contributed by atoms with Crippen LogP contribution in [0.1, 0.15) is 19.6 Å². The second-order valence-electron chi connectivity index (χ2n) is 5.80. The largest absolute Gasteiger partial charge is 0.491 e. The summed E-state index contributed by atoms with van der Waals surface area (Å²) in [5.74, 6) is 0.864. The molecule has 0 bridgehead atoms. The molecule has 1 N–H and O–H groups in total. The fourth-order valence-corrected chi connectivity index (χ4v) is 2.96. The SMILES string of the molecule is Cc1cc(NC(=O)CN(c2ccc(OC(C)C)cc2)S(C)(=O)=O)no1. The molecule has 0 saturated carbocycles. The number of anilines is 2. The van der Waals surface area contributed by atoms with Gasteiger partial charge < -0.3 is 14.6 Å². The highest BCUT2D eigenvalue weighted by Crippen LogP contribution is 2.22. The molecule has 2 rings (SSSR count). The van der Waals surface area contributed by atoms with Crippen LogP contribution in [-0.2, 0) is 14.8 Å². The topological polar surface area (TPSA) is 102 Å². The molecule has 0 unspecified atom stereocenters. The van der Waals surface area contributed by atoms with Crippen LogP contribution in [0.15, 0.2) is 34.9 Å². The molecule has 1 aromatic heterocycles. The molecule has 0 aliphatic carbocycles. The molecule has 25 heavy (non-hydrogen) atoms. The van der Waals surface area contributed by atoms with E-state index < -0.39 is 15.9 Å². The second-order valence-corrected chi connectivity index (χ2v) is 7.71. The standard InChI is InChI=1S/C16H21N3O5S/c1-11(2)23-14-7-5-13(6-8-14)19(25(4,21)22)10-16(20)17-15-9-12(3)24-18-15/h5-9,11H,10H2,1-4H3,(H,17,18,20). The highest BCUT2D eigenvalue weighted by molar-refractivity contribution is 7.92. The normalized spacial score (nSPS) is 11.4. The summed E-state index contributed by atoms with van der Waals surface area (Å²) in [5.41, 5.74) is 0.366. The summed E-state index contributed by atoms with van der Waals surface area (Å²) in [6.45, 7) is 5.10. The van der Waals surface area contributed by atoms with Crippen molar-refractivity contribution in [2.75, 3.05) is 22.4 Å². The molecule has 2 aromatic rings. The highest BCUT2D eigenvalue weighted by Gasteiger charge is 2.21. The van der Waals surface area contributed by atoms with Gasteiger partial charge in [-0.05, 0) is 45.0 Å². The smallest absolute Gasteiger partial charge is 0.246 e. The number of benzene rings is 1. The summed E-state index contributed by atoms with van der Waals surface area (Å²) in [6, 6.07) is 8.04. The summed E-state index contributed by atoms with van der Waals surface area (Å²) in [6.07, 6.45) is 1.05. The van der Waals surface area contributed by atoms with E-state index in [0.29, 0.717) is 17.2 Å². The van der Waals surface area contributed by atoms with Crippen molar-refractivity contribution in [1.29, 1.82) is 0 Å². The van der Waals surface area contributed by atoms with Crippen molar-refractivity contribution in [2.45, 2.75) is 26.9 Å². The van der Waals surface area contributed by atoms with Gasteiger partial charge in [0.1, 0.15) is 18.1 Å². The van der Waals surface area contributed by atoms with Gasteiger partial charge in [0.15, 0.2) is 5.82 Å². The van der Waals surface area contributed by atoms with Crippen LogP contribution in [-0.4, -0.2) is 38.4 Å². The lowest BCUT2D eigenvalue weighted by Gasteiger charge is -2.22. The second kappa shape index (κ2) is 7.56. The molecule has 8 nitrogen and oxygen atoms in total. The number of aryl methyl sites for hydroxylation is 1. The third kappa shape index (κ3) is 5.49. The van der Waals surface area contributed by atoms with Gasteiger partial charge in [-0.2, -0.15) is 0 Å². The first kappa shape index (κ1) is 18.8. The molecule has 1 amide bonds. The number of aromatic nitrogens is 1. The maximum absolute atomic E-state index is 12.1. The number of nitrogens with zero attached hydrogens (tertiary/aromatic N) is 2. The van der Waals surface area contributed by atoms with E-state index in [1.807, 2.05) is 13.8 Å². The van der Waals surface area contributed by atoms with E-state index in [0.717, 1.165) is 10.6 Å². The average molecular weight is 367 g/mol. The van der Waals surface area contributed by atoms with E-state index in [1.165, 1.54) is 0 Å². The lowest BCUT2D eigenvalue weighted by atomic mass is 10.3. The molecule has 1 aromatic carbocycles. The van der Waals surface area contributed by atoms with Crippen LogP contribution in [0.5, 0.6) is 5.75 Å². The third-order valence-electron chi connectivity index (χ3n) is 3.08. The minimum Gasteiger partial charge on any atom is -0.491 e. The van der Waals surface area contributed by atoms with Gasteiger partial charge in [0.25, 0.3) is 0 Å². The van der Waals surface area contributed by atoms with Crippen LogP contribution in [0.2, 0.25) is 0 Å². The number of ether oxygens (including phenoxy) is 1. The Morgan fingerprint density at radius 3 is 2.44 bits per heavy atom. The maximum atomic E-state index is 12.1. The van der Waals surface area contributed by atoms with Gasteiger partial charge in [-0.25, -0.2) is 8.42 Å². The van der Waals surface area contributed by atoms with Crippen LogP contribution < -0.4 is 14.4 Å². The first-order chi connectivity index (χ1) is 11.6. The quantitative estimate of drug-likeness (QED) is 0.805. The molecule has 1 heterocycles. The van der Waals surface area contributed by atoms with Gasteiger partial charge in [0, 0.05) is 6.07 Å². The Morgan fingerprint density at radius 2 is 1.96 bits per heavy atom. The molecular formula is C16H21N3O5S. The lowest BCUT2D eigenvalue weighted by molar-refractivity contribution is -0.114. The number of rotatable bonds is 7. The fraction of sp³-hybridized carbons (Fsp3) is 0.375. The maximum Gasteiger partial charge on any atom is 0.246 e. The Hall–Kier alpha value is -2.55. The number of hydrogen-bond donors (Lipinski definition) is 1. The van der Waals surface area contributed by atoms with E-state index in [-0.39, 0.29) is 18.5 Å². The highest BCUT2D eigenvalue weighted by atomic mass is 32.2. The summed E-state index contributed by atoms with van der Waals surface area (Å²) in [5, 5.41) is 6.14. The monoisotopic (exact) mass is 367 g/mol. The van der Waals surface area contributed by atoms with Gasteiger partial charge in [-0.3, -0.25) is 9.10 Å². The molecule has 136 valence electrons. The third-order valence-corrected chi connectivity index (χ3v) is 4.22. The zero-order chi connectivity index (χ0) is 18.6. The van der Waals surface area contributed by atoms with Crippen molar-refractivity contribution in [3.63, 3.8) is 0 Å². The number of sulfonamides is 1. The van der Waals surface area contributed by atoms with E-state index in [1.54, 1.807) is 37.3 Å². The van der Waals surface area contributed by atoms with Crippen molar-refractivity contribution < 1.29 is 22.5 Å². The van der Waals surface area contributed by atoms with Crippen molar-refractivity contribution in [1.82, 2.24) is 5.16 Å². The van der Waals surface area contributed by atoms with E-state index in [4.69, 9.17) is 9.26 Å². The van der Waals surface area contributed by atoms with Gasteiger partial charge in [-0.1, -0.05) is 5.16 Å². The molecule has 9 heteroatoms. The molecule has 0 fully saturated rings. The summed E-state index contributed by atoms with van der Waals surface area (Å²) in [4.78, 5) is 12.1. The molecule has 0 atom stereocenters. The summed E-state index contributed by atoms with van der Waals surface area (Å²) in [7, 11) is -3.65. The lowest BCUT2D eigenvalue weighted by Crippen LogP contribution is -2.37. The number of hydrogen-bond acceptors (Lipinski definition) is 6. The van der Waals surface area contributed by atoms with Crippen LogP contribution >= 0.6 is 0 Å². The van der Waals surface area contributed by atoms with Gasteiger partial charge in [0.2, 0.25) is 15.9 Å². The zero-order valence-electron chi connectivity index (χ0n) is 14.5. The molecule has 0 radical (unpaired) electrons. The van der Waals surface area contributed by atoms with Gasteiger partial charge >= 0.3 is 0 Å². The van der Waals surface area contributed by atoms with Crippen molar-refractivity contribution in [3.8, 4) is 5.75 Å². The zero-order valence-corrected chi connectivity index (χ0v) is 15.3. The minimum atomic E-state index is -3.65. The average Bonchev–Trinajstić information content (AvgIpc) is 2.89. The van der Waals surface area contributed by atoms with Crippen molar-refractivity contribution >= 4 is 27.4 Å². The Balaban J connectivity index is 2.15. The van der Waals surface area contributed by atoms with Gasteiger partial charge in [-0.15, -0.1) is 0 Å². The Labute approximate surface area is 146 Å². The predicted molar refractivity (Wildman–Crippen MR) is 94.3 cm³/mol. The number of nitrogens with one attached hydrogen (secondary N) is 1. The Bertz CT molecular complexity index is 828. The Morgan fingerprint density at radius 1 is 1.32 bits per heavy atom. The van der Waals surface area contributed by atoms with Crippen LogP contribution in [0.4, 0.5) is 11.5 Å². The van der Waals surface area contributed by atoms with Crippen LogP contribution in [0.25, 0.3) is 0 Å². The van der Waals surface area contributed by atoms with Gasteiger partial charge in [0.05, 0.1) is 18.0 Å². The molecule has 0 spiro atoms. The predicted octanol–water partition coefficient (Wildman–Crippen LogP) is 2.17. The van der Waals surface area contributed by atoms with E-state index in [9.17, 15) is 13.2 Å². The molecule has 0 aliphatic rings. The number of carbonyl (C=O) groups is 1. The van der Waals surface area contributed by atoms with Crippen molar-refractivity contribution in [2.24, 2.45) is 0 Å². The molecule has 0 saturated heterocycles. The number of amides is 1. The van der Waals surface area contributed by atoms with E-state index >= 15 is 0 Å². The molecular weight excluding hydrogens is 346 g/mol. The minimum absolute atomic E-state index is 0.00792.